The van der Waals surface area contributed by atoms with Gasteiger partial charge in [-0.3, -0.25) is 13.9 Å². The molecule has 42 heavy (non-hydrogen) atoms. The molecule has 1 N–H and O–H groups in total. The summed E-state index contributed by atoms with van der Waals surface area (Å²) in [6, 6.07) is 28.9. The van der Waals surface area contributed by atoms with Crippen LogP contribution in [0.2, 0.25) is 5.02 Å². The van der Waals surface area contributed by atoms with Crippen molar-refractivity contribution in [3.8, 4) is 0 Å². The van der Waals surface area contributed by atoms with E-state index in [-0.39, 0.29) is 23.8 Å². The highest BCUT2D eigenvalue weighted by Crippen LogP contribution is 2.28. The van der Waals surface area contributed by atoms with Crippen LogP contribution < -0.4 is 9.62 Å². The van der Waals surface area contributed by atoms with E-state index in [2.05, 4.69) is 5.32 Å². The van der Waals surface area contributed by atoms with Gasteiger partial charge in [-0.25, -0.2) is 8.42 Å². The van der Waals surface area contributed by atoms with Crippen LogP contribution in [0.15, 0.2) is 108 Å². The summed E-state index contributed by atoms with van der Waals surface area (Å²) in [4.78, 5) is 29.2. The lowest BCUT2D eigenvalue weighted by Crippen LogP contribution is -2.53. The Morgan fingerprint density at radius 3 is 2.10 bits per heavy atom. The molecule has 9 heteroatoms. The van der Waals surface area contributed by atoms with Gasteiger partial charge in [0.2, 0.25) is 11.8 Å². The number of carbonyl (C=O) groups is 2. The smallest absolute Gasteiger partial charge is 0.264 e. The zero-order chi connectivity index (χ0) is 30.3. The molecular formula is C33H34ClN3O4S. The number of hydrogen-bond acceptors (Lipinski definition) is 4. The van der Waals surface area contributed by atoms with E-state index in [0.29, 0.717) is 21.8 Å². The maximum Gasteiger partial charge on any atom is 0.264 e. The van der Waals surface area contributed by atoms with Crippen molar-refractivity contribution >= 4 is 39.1 Å². The van der Waals surface area contributed by atoms with Gasteiger partial charge in [0.1, 0.15) is 12.6 Å². The fourth-order valence-corrected chi connectivity index (χ4v) is 6.58. The molecule has 0 fully saturated rings. The third-order valence-electron chi connectivity index (χ3n) is 6.99. The average molecular weight is 604 g/mol. The zero-order valence-electron chi connectivity index (χ0n) is 23.8. The number of nitrogens with zero attached hydrogens (tertiary/aromatic N) is 2. The molecule has 0 aliphatic carbocycles. The number of carbonyl (C=O) groups excluding carboxylic acids is 2. The van der Waals surface area contributed by atoms with Gasteiger partial charge in [-0.1, -0.05) is 90.0 Å². The molecule has 4 aromatic carbocycles. The summed E-state index contributed by atoms with van der Waals surface area (Å²) in [5, 5.41) is 3.17. The number of halogens is 1. The Bertz CT molecular complexity index is 1650. The second-order valence-corrected chi connectivity index (χ2v) is 12.4. The van der Waals surface area contributed by atoms with Crippen molar-refractivity contribution in [3.05, 3.63) is 130 Å². The van der Waals surface area contributed by atoms with Gasteiger partial charge in [0.25, 0.3) is 10.0 Å². The Kier molecular flexibility index (Phi) is 10.0. The Labute approximate surface area is 252 Å². The highest BCUT2D eigenvalue weighted by molar-refractivity contribution is 7.92. The molecule has 0 aromatic heterocycles. The number of rotatable bonds is 11. The number of amides is 2. The monoisotopic (exact) mass is 603 g/mol. The number of sulfonamides is 1. The molecule has 0 saturated heterocycles. The molecule has 2 amide bonds. The van der Waals surface area contributed by atoms with Crippen molar-refractivity contribution in [3.63, 3.8) is 0 Å². The molecule has 0 radical (unpaired) electrons. The Morgan fingerprint density at radius 2 is 1.48 bits per heavy atom. The predicted molar refractivity (Wildman–Crippen MR) is 167 cm³/mol. The minimum absolute atomic E-state index is 0.0520. The summed E-state index contributed by atoms with van der Waals surface area (Å²) in [6.45, 7) is 3.27. The lowest BCUT2D eigenvalue weighted by atomic mass is 10.0. The van der Waals surface area contributed by atoms with Crippen LogP contribution in [0.25, 0.3) is 0 Å². The van der Waals surface area contributed by atoms with E-state index in [1.54, 1.807) is 42.5 Å². The maximum atomic E-state index is 14.3. The van der Waals surface area contributed by atoms with Gasteiger partial charge in [0.15, 0.2) is 0 Å². The average Bonchev–Trinajstić information content (AvgIpc) is 2.98. The van der Waals surface area contributed by atoms with Crippen molar-refractivity contribution in [1.82, 2.24) is 10.2 Å². The van der Waals surface area contributed by atoms with Crippen molar-refractivity contribution < 1.29 is 18.0 Å². The van der Waals surface area contributed by atoms with E-state index in [1.165, 1.54) is 24.1 Å². The van der Waals surface area contributed by atoms with Gasteiger partial charge >= 0.3 is 0 Å². The van der Waals surface area contributed by atoms with Crippen molar-refractivity contribution in [2.45, 2.75) is 37.8 Å². The van der Waals surface area contributed by atoms with Crippen molar-refractivity contribution in [2.24, 2.45) is 0 Å². The summed E-state index contributed by atoms with van der Waals surface area (Å²) in [6.07, 6.45) is 0.238. The molecule has 0 saturated carbocycles. The summed E-state index contributed by atoms with van der Waals surface area (Å²) in [7, 11) is -2.63. The largest absolute Gasteiger partial charge is 0.357 e. The first kappa shape index (κ1) is 30.8. The Hall–Kier alpha value is -4.14. The quantitative estimate of drug-likeness (QED) is 0.244. The third-order valence-corrected chi connectivity index (χ3v) is 9.00. The normalized spacial score (nSPS) is 11.9. The molecule has 7 nitrogen and oxygen atoms in total. The van der Waals surface area contributed by atoms with Crippen LogP contribution in [-0.4, -0.2) is 44.8 Å². The molecule has 0 bridgehead atoms. The number of hydrogen-bond donors (Lipinski definition) is 1. The van der Waals surface area contributed by atoms with Crippen molar-refractivity contribution in [2.75, 3.05) is 17.9 Å². The Morgan fingerprint density at radius 1 is 0.833 bits per heavy atom. The summed E-state index contributed by atoms with van der Waals surface area (Å²) < 4.78 is 29.2. The topological polar surface area (TPSA) is 86.8 Å². The number of likely N-dealkylation sites (N-methyl/N-ethyl adjacent to an activating group) is 1. The van der Waals surface area contributed by atoms with Crippen LogP contribution >= 0.6 is 11.6 Å². The molecule has 0 aliphatic heterocycles. The highest BCUT2D eigenvalue weighted by Gasteiger charge is 2.34. The molecule has 218 valence electrons. The van der Waals surface area contributed by atoms with Crippen LogP contribution in [0.3, 0.4) is 0 Å². The standard InChI is InChI=1S/C33H34ClN3O4S/c1-24-17-18-30(25(2)19-24)37(42(40,41)29-15-8-5-9-16-29)23-32(38)36(22-27-13-10-14-28(34)20-27)31(33(39)35-3)21-26-11-6-4-7-12-26/h4-20,31H,21-23H2,1-3H3,(H,35,39). The zero-order valence-corrected chi connectivity index (χ0v) is 25.4. The minimum Gasteiger partial charge on any atom is -0.357 e. The number of aryl methyl sites for hydroxylation is 2. The molecule has 4 rings (SSSR count). The maximum absolute atomic E-state index is 14.3. The van der Waals surface area contributed by atoms with Crippen LogP contribution in [0.4, 0.5) is 5.69 Å². The summed E-state index contributed by atoms with van der Waals surface area (Å²) >= 11 is 6.26. The molecule has 1 atom stereocenters. The summed E-state index contributed by atoms with van der Waals surface area (Å²) in [5.74, 6) is -0.891. The second kappa shape index (κ2) is 13.7. The lowest BCUT2D eigenvalue weighted by Gasteiger charge is -2.34. The Balaban J connectivity index is 1.81. The first-order valence-electron chi connectivity index (χ1n) is 13.5. The van der Waals surface area contributed by atoms with E-state index < -0.39 is 28.5 Å². The highest BCUT2D eigenvalue weighted by atomic mass is 35.5. The van der Waals surface area contributed by atoms with E-state index >= 15 is 0 Å². The number of anilines is 1. The molecule has 0 heterocycles. The van der Waals surface area contributed by atoms with Gasteiger partial charge in [-0.2, -0.15) is 0 Å². The van der Waals surface area contributed by atoms with Crippen LogP contribution in [0.5, 0.6) is 0 Å². The lowest BCUT2D eigenvalue weighted by molar-refractivity contribution is -0.139. The van der Waals surface area contributed by atoms with E-state index in [0.717, 1.165) is 15.4 Å². The molecule has 1 unspecified atom stereocenters. The first-order valence-corrected chi connectivity index (χ1v) is 15.4. The number of nitrogens with one attached hydrogen (secondary N) is 1. The van der Waals surface area contributed by atoms with Gasteiger partial charge in [-0.15, -0.1) is 0 Å². The molecule has 0 spiro atoms. The first-order chi connectivity index (χ1) is 20.1. The van der Waals surface area contributed by atoms with Gasteiger partial charge in [-0.05, 0) is 60.9 Å². The fraction of sp³-hybridized carbons (Fsp3) is 0.212. The van der Waals surface area contributed by atoms with E-state index in [9.17, 15) is 18.0 Å². The van der Waals surface area contributed by atoms with Crippen molar-refractivity contribution in [1.29, 1.82) is 0 Å². The molecule has 4 aromatic rings. The number of benzene rings is 4. The second-order valence-electron chi connectivity index (χ2n) is 10.1. The van der Waals surface area contributed by atoms with Crippen LogP contribution in [-0.2, 0) is 32.6 Å². The van der Waals surface area contributed by atoms with E-state index in [1.807, 2.05) is 62.4 Å². The van der Waals surface area contributed by atoms with Gasteiger partial charge in [0, 0.05) is 25.0 Å². The molecule has 0 aliphatic rings. The van der Waals surface area contributed by atoms with Crippen LogP contribution in [0.1, 0.15) is 22.3 Å². The van der Waals surface area contributed by atoms with E-state index in [4.69, 9.17) is 11.6 Å². The SMILES string of the molecule is CNC(=O)C(Cc1ccccc1)N(Cc1cccc(Cl)c1)C(=O)CN(c1ccc(C)cc1C)S(=O)(=O)c1ccccc1. The van der Waals surface area contributed by atoms with Gasteiger partial charge < -0.3 is 10.2 Å². The third kappa shape index (κ3) is 7.38. The summed E-state index contributed by atoms with van der Waals surface area (Å²) in [5.41, 5.74) is 3.63. The molecular weight excluding hydrogens is 570 g/mol. The fourth-order valence-electron chi connectivity index (χ4n) is 4.87. The van der Waals surface area contributed by atoms with Gasteiger partial charge in [0.05, 0.1) is 10.6 Å². The van der Waals surface area contributed by atoms with Crippen LogP contribution in [0, 0.1) is 13.8 Å². The minimum atomic E-state index is -4.14. The predicted octanol–water partition coefficient (Wildman–Crippen LogP) is 5.54.